The number of ether oxygens (including phenoxy) is 1. The van der Waals surface area contributed by atoms with E-state index in [0.29, 0.717) is 26.6 Å². The van der Waals surface area contributed by atoms with E-state index >= 15 is 0 Å². The maximum atomic E-state index is 6.08. The molecule has 2 rings (SSSR count). The average molecular weight is 396 g/mol. The normalized spacial score (nSPS) is 12.3. The minimum Gasteiger partial charge on any atom is -0.455 e. The van der Waals surface area contributed by atoms with Crippen molar-refractivity contribution < 1.29 is 4.74 Å². The Kier molecular flexibility index (Phi) is 5.21. The molecule has 106 valence electrons. The first-order valence-corrected chi connectivity index (χ1v) is 7.68. The summed E-state index contributed by atoms with van der Waals surface area (Å²) in [6, 6.07) is 8.71. The monoisotopic (exact) mass is 393 g/mol. The molecule has 0 aliphatic rings. The zero-order valence-corrected chi connectivity index (χ0v) is 14.3. The molecule has 20 heavy (non-hydrogen) atoms. The first kappa shape index (κ1) is 15.9. The minimum atomic E-state index is -0.0473. The van der Waals surface area contributed by atoms with Crippen LogP contribution in [-0.4, -0.2) is 0 Å². The van der Waals surface area contributed by atoms with Crippen LogP contribution in [0, 0.1) is 0 Å². The fourth-order valence-corrected chi connectivity index (χ4v) is 2.64. The number of halogens is 4. The molecule has 0 bridgehead atoms. The molecular weight excluding hydrogens is 384 g/mol. The number of benzene rings is 2. The zero-order valence-electron chi connectivity index (χ0n) is 10.5. The van der Waals surface area contributed by atoms with Gasteiger partial charge in [0.1, 0.15) is 11.5 Å². The van der Waals surface area contributed by atoms with Crippen LogP contribution in [0.4, 0.5) is 0 Å². The Morgan fingerprint density at radius 2 is 1.65 bits per heavy atom. The number of rotatable bonds is 3. The van der Waals surface area contributed by atoms with E-state index < -0.39 is 0 Å². The molecule has 1 atom stereocenters. The van der Waals surface area contributed by atoms with E-state index in [-0.39, 0.29) is 6.04 Å². The molecule has 0 aromatic heterocycles. The lowest BCUT2D eigenvalue weighted by Gasteiger charge is -2.12. The van der Waals surface area contributed by atoms with Crippen LogP contribution in [0.5, 0.6) is 11.5 Å². The Bertz CT molecular complexity index is 647. The van der Waals surface area contributed by atoms with Gasteiger partial charge in [-0.3, -0.25) is 0 Å². The van der Waals surface area contributed by atoms with Crippen LogP contribution in [0.3, 0.4) is 0 Å². The summed E-state index contributed by atoms with van der Waals surface area (Å²) in [5.41, 5.74) is 6.84. The summed E-state index contributed by atoms with van der Waals surface area (Å²) in [5.74, 6) is 1.06. The van der Waals surface area contributed by atoms with Crippen molar-refractivity contribution in [1.82, 2.24) is 0 Å². The van der Waals surface area contributed by atoms with Crippen molar-refractivity contribution >= 4 is 50.7 Å². The lowest BCUT2D eigenvalue weighted by molar-refractivity contribution is 0.479. The third-order valence-corrected chi connectivity index (χ3v) is 4.31. The molecule has 2 aromatic carbocycles. The quantitative estimate of drug-likeness (QED) is 0.626. The second-order valence-electron chi connectivity index (χ2n) is 4.28. The third kappa shape index (κ3) is 3.60. The van der Waals surface area contributed by atoms with E-state index in [1.807, 2.05) is 25.1 Å². The highest BCUT2D eigenvalue weighted by Crippen LogP contribution is 2.38. The van der Waals surface area contributed by atoms with Crippen molar-refractivity contribution in [2.24, 2.45) is 5.73 Å². The minimum absolute atomic E-state index is 0.0473. The Hall–Kier alpha value is -0.450. The van der Waals surface area contributed by atoms with E-state index in [1.165, 1.54) is 0 Å². The fourth-order valence-electron chi connectivity index (χ4n) is 1.58. The van der Waals surface area contributed by atoms with E-state index in [4.69, 9.17) is 45.3 Å². The molecule has 0 aliphatic heterocycles. The van der Waals surface area contributed by atoms with Crippen molar-refractivity contribution in [2.75, 3.05) is 0 Å². The van der Waals surface area contributed by atoms with Crippen LogP contribution in [0.15, 0.2) is 34.8 Å². The smallest absolute Gasteiger partial charge is 0.147 e. The second kappa shape index (κ2) is 6.54. The van der Waals surface area contributed by atoms with Crippen molar-refractivity contribution in [1.29, 1.82) is 0 Å². The SMILES string of the molecule is CC(N)c1ccc(Oc2cc(Cl)c(Cl)cc2Cl)c(Br)c1. The van der Waals surface area contributed by atoms with Gasteiger partial charge in [-0.15, -0.1) is 0 Å². The number of hydrogen-bond donors (Lipinski definition) is 1. The first-order valence-electron chi connectivity index (χ1n) is 5.76. The van der Waals surface area contributed by atoms with E-state index in [1.54, 1.807) is 12.1 Å². The summed E-state index contributed by atoms with van der Waals surface area (Å²) < 4.78 is 6.53. The molecule has 0 heterocycles. The highest BCUT2D eigenvalue weighted by molar-refractivity contribution is 9.10. The maximum Gasteiger partial charge on any atom is 0.147 e. The molecule has 0 aliphatic carbocycles. The van der Waals surface area contributed by atoms with E-state index in [2.05, 4.69) is 15.9 Å². The lowest BCUT2D eigenvalue weighted by atomic mass is 10.1. The van der Waals surface area contributed by atoms with Crippen LogP contribution >= 0.6 is 50.7 Å². The van der Waals surface area contributed by atoms with Gasteiger partial charge in [-0.1, -0.05) is 40.9 Å². The maximum absolute atomic E-state index is 6.08. The van der Waals surface area contributed by atoms with Gasteiger partial charge in [0.2, 0.25) is 0 Å². The van der Waals surface area contributed by atoms with E-state index in [0.717, 1.165) is 10.0 Å². The van der Waals surface area contributed by atoms with Gasteiger partial charge in [-0.2, -0.15) is 0 Å². The van der Waals surface area contributed by atoms with Crippen LogP contribution in [0.2, 0.25) is 15.1 Å². The lowest BCUT2D eigenvalue weighted by Crippen LogP contribution is -2.04. The van der Waals surface area contributed by atoms with Gasteiger partial charge < -0.3 is 10.5 Å². The Morgan fingerprint density at radius 1 is 1.00 bits per heavy atom. The third-order valence-electron chi connectivity index (χ3n) is 2.68. The van der Waals surface area contributed by atoms with Gasteiger partial charge in [0.25, 0.3) is 0 Å². The summed E-state index contributed by atoms with van der Waals surface area (Å²) in [5, 5.41) is 1.16. The average Bonchev–Trinajstić information content (AvgIpc) is 2.37. The standard InChI is InChI=1S/C14H11BrCl3NO/c1-7(19)8-2-3-13(9(15)4-8)20-14-6-11(17)10(16)5-12(14)18/h2-7H,19H2,1H3. The van der Waals surface area contributed by atoms with Crippen LogP contribution in [0.25, 0.3) is 0 Å². The van der Waals surface area contributed by atoms with Crippen molar-refractivity contribution in [3.63, 3.8) is 0 Å². The van der Waals surface area contributed by atoms with Gasteiger partial charge >= 0.3 is 0 Å². The fraction of sp³-hybridized carbons (Fsp3) is 0.143. The molecular formula is C14H11BrCl3NO. The van der Waals surface area contributed by atoms with Gasteiger partial charge in [0.15, 0.2) is 0 Å². The summed E-state index contributed by atoms with van der Waals surface area (Å²) in [6.07, 6.45) is 0. The molecule has 1 unspecified atom stereocenters. The predicted octanol–water partition coefficient (Wildman–Crippen LogP) is 6.22. The summed E-state index contributed by atoms with van der Waals surface area (Å²) >= 11 is 21.4. The number of nitrogens with two attached hydrogens (primary N) is 1. The van der Waals surface area contributed by atoms with Crippen LogP contribution in [0.1, 0.15) is 18.5 Å². The molecule has 0 saturated heterocycles. The van der Waals surface area contributed by atoms with Crippen molar-refractivity contribution in [3.05, 3.63) is 55.4 Å². The largest absolute Gasteiger partial charge is 0.455 e. The summed E-state index contributed by atoms with van der Waals surface area (Å²) in [4.78, 5) is 0. The number of hydrogen-bond acceptors (Lipinski definition) is 2. The molecule has 2 nitrogen and oxygen atoms in total. The molecule has 0 spiro atoms. The van der Waals surface area contributed by atoms with Gasteiger partial charge in [-0.05, 0) is 46.6 Å². The summed E-state index contributed by atoms with van der Waals surface area (Å²) in [6.45, 7) is 1.91. The van der Waals surface area contributed by atoms with E-state index in [9.17, 15) is 0 Å². The van der Waals surface area contributed by atoms with Crippen LogP contribution < -0.4 is 10.5 Å². The Labute approximate surface area is 140 Å². The summed E-state index contributed by atoms with van der Waals surface area (Å²) in [7, 11) is 0. The molecule has 6 heteroatoms. The molecule has 2 aromatic rings. The Balaban J connectivity index is 2.33. The van der Waals surface area contributed by atoms with Gasteiger partial charge in [-0.25, -0.2) is 0 Å². The molecule has 2 N–H and O–H groups in total. The molecule has 0 saturated carbocycles. The highest BCUT2D eigenvalue weighted by Gasteiger charge is 2.11. The molecule has 0 fully saturated rings. The van der Waals surface area contributed by atoms with Gasteiger partial charge in [0, 0.05) is 12.1 Å². The predicted molar refractivity (Wildman–Crippen MR) is 88.3 cm³/mol. The van der Waals surface area contributed by atoms with Gasteiger partial charge in [0.05, 0.1) is 19.5 Å². The molecule has 0 amide bonds. The zero-order chi connectivity index (χ0) is 14.9. The van der Waals surface area contributed by atoms with Crippen molar-refractivity contribution in [2.45, 2.75) is 13.0 Å². The molecule has 0 radical (unpaired) electrons. The Morgan fingerprint density at radius 3 is 2.25 bits per heavy atom. The second-order valence-corrected chi connectivity index (χ2v) is 6.35. The highest BCUT2D eigenvalue weighted by atomic mass is 79.9. The van der Waals surface area contributed by atoms with Crippen LogP contribution in [-0.2, 0) is 0 Å². The topological polar surface area (TPSA) is 35.2 Å². The van der Waals surface area contributed by atoms with Crippen molar-refractivity contribution in [3.8, 4) is 11.5 Å². The first-order chi connectivity index (χ1) is 9.38.